The molecule has 0 aliphatic rings. The summed E-state index contributed by atoms with van der Waals surface area (Å²) < 4.78 is 5.29. The molecule has 0 fully saturated rings. The van der Waals surface area contributed by atoms with Crippen LogP contribution in [0.15, 0.2) is 41.1 Å². The predicted molar refractivity (Wildman–Crippen MR) is 90.7 cm³/mol. The van der Waals surface area contributed by atoms with Crippen LogP contribution >= 0.6 is 11.3 Å². The molecule has 6 heteroatoms. The average molecular weight is 332 g/mol. The molecule has 0 saturated carbocycles. The Balaban J connectivity index is 1.80. The number of nitrogens with one attached hydrogen (secondary N) is 1. The molecule has 0 aliphatic heterocycles. The summed E-state index contributed by atoms with van der Waals surface area (Å²) in [7, 11) is 3.36. The zero-order chi connectivity index (χ0) is 16.7. The van der Waals surface area contributed by atoms with E-state index in [9.17, 15) is 9.59 Å². The number of nitrogens with zero attached hydrogens (tertiary/aromatic N) is 1. The third-order valence-electron chi connectivity index (χ3n) is 3.43. The highest BCUT2D eigenvalue weighted by atomic mass is 32.1. The molecular weight excluding hydrogens is 312 g/mol. The maximum Gasteiger partial charge on any atom is 0.252 e. The molecule has 122 valence electrons. The van der Waals surface area contributed by atoms with E-state index in [0.29, 0.717) is 18.7 Å². The highest BCUT2D eigenvalue weighted by Crippen LogP contribution is 2.18. The lowest BCUT2D eigenvalue weighted by Crippen LogP contribution is -2.31. The molecule has 0 bridgehead atoms. The van der Waals surface area contributed by atoms with E-state index in [1.807, 2.05) is 29.6 Å². The Morgan fingerprint density at radius 3 is 2.74 bits per heavy atom. The molecule has 2 amide bonds. The van der Waals surface area contributed by atoms with Crippen molar-refractivity contribution in [3.63, 3.8) is 0 Å². The summed E-state index contributed by atoms with van der Waals surface area (Å²) in [6, 6.07) is 9.37. The Bertz CT molecular complexity index is 656. The van der Waals surface area contributed by atoms with Crippen LogP contribution < -0.4 is 10.1 Å². The number of thiophene rings is 1. The third-order valence-corrected chi connectivity index (χ3v) is 4.12. The van der Waals surface area contributed by atoms with Gasteiger partial charge < -0.3 is 15.0 Å². The Morgan fingerprint density at radius 2 is 2.04 bits per heavy atom. The lowest BCUT2D eigenvalue weighted by Gasteiger charge is -2.19. The number of methoxy groups -OCH3 is 1. The van der Waals surface area contributed by atoms with Crippen LogP contribution in [-0.2, 0) is 11.3 Å². The second-order valence-corrected chi connectivity index (χ2v) is 5.86. The molecule has 0 saturated heterocycles. The van der Waals surface area contributed by atoms with Crippen molar-refractivity contribution < 1.29 is 14.3 Å². The largest absolute Gasteiger partial charge is 0.496 e. The minimum absolute atomic E-state index is 0.0264. The zero-order valence-corrected chi connectivity index (χ0v) is 14.1. The van der Waals surface area contributed by atoms with Crippen molar-refractivity contribution in [1.29, 1.82) is 0 Å². The average Bonchev–Trinajstić information content (AvgIpc) is 3.09. The van der Waals surface area contributed by atoms with Crippen molar-refractivity contribution in [3.8, 4) is 5.75 Å². The molecule has 0 aliphatic carbocycles. The summed E-state index contributed by atoms with van der Waals surface area (Å²) in [6.45, 7) is 0.797. The Hall–Kier alpha value is -2.34. The number of carbonyl (C=O) groups excluding carboxylic acids is 2. The molecular formula is C17H20N2O3S. The van der Waals surface area contributed by atoms with E-state index in [4.69, 9.17) is 4.74 Å². The third kappa shape index (κ3) is 4.82. The first-order valence-electron chi connectivity index (χ1n) is 7.28. The molecule has 1 N–H and O–H groups in total. The number of rotatable bonds is 7. The van der Waals surface area contributed by atoms with Crippen LogP contribution in [0.2, 0.25) is 0 Å². The van der Waals surface area contributed by atoms with Crippen molar-refractivity contribution in [2.45, 2.75) is 13.0 Å². The van der Waals surface area contributed by atoms with Crippen molar-refractivity contribution in [3.05, 3.63) is 52.2 Å². The van der Waals surface area contributed by atoms with Gasteiger partial charge in [0.2, 0.25) is 5.91 Å². The number of carbonyl (C=O) groups is 2. The van der Waals surface area contributed by atoms with Crippen LogP contribution in [0.4, 0.5) is 0 Å². The molecule has 1 aromatic heterocycles. The van der Waals surface area contributed by atoms with Crippen LogP contribution in [0.3, 0.4) is 0 Å². The Morgan fingerprint density at radius 1 is 1.26 bits per heavy atom. The second-order valence-electron chi connectivity index (χ2n) is 5.08. The van der Waals surface area contributed by atoms with Gasteiger partial charge in [0.05, 0.1) is 7.11 Å². The first-order valence-corrected chi connectivity index (χ1v) is 8.22. The molecule has 5 nitrogen and oxygen atoms in total. The number of benzene rings is 1. The fourth-order valence-electron chi connectivity index (χ4n) is 2.15. The van der Waals surface area contributed by atoms with Crippen molar-refractivity contribution >= 4 is 23.2 Å². The fourth-order valence-corrected chi connectivity index (χ4v) is 2.78. The van der Waals surface area contributed by atoms with E-state index in [-0.39, 0.29) is 18.2 Å². The summed E-state index contributed by atoms with van der Waals surface area (Å²) in [4.78, 5) is 25.6. The van der Waals surface area contributed by atoms with E-state index >= 15 is 0 Å². The van der Waals surface area contributed by atoms with Crippen LogP contribution in [0.1, 0.15) is 22.3 Å². The van der Waals surface area contributed by atoms with E-state index < -0.39 is 0 Å². The van der Waals surface area contributed by atoms with Gasteiger partial charge in [-0.1, -0.05) is 18.2 Å². The summed E-state index contributed by atoms with van der Waals surface area (Å²) in [5.41, 5.74) is 1.58. The van der Waals surface area contributed by atoms with Crippen molar-refractivity contribution in [2.75, 3.05) is 20.7 Å². The number of ether oxygens (including phenoxy) is 1. The molecule has 0 atom stereocenters. The minimum atomic E-state index is -0.147. The van der Waals surface area contributed by atoms with E-state index in [1.165, 1.54) is 11.3 Å². The molecule has 0 spiro atoms. The molecule has 1 aromatic carbocycles. The topological polar surface area (TPSA) is 58.6 Å². The van der Waals surface area contributed by atoms with Crippen LogP contribution in [0, 0.1) is 0 Å². The number of amides is 2. The standard InChI is InChI=1S/C17H20N2O3S/c1-19(11-13-5-3-4-6-15(13)22-2)16(20)7-9-18-17(21)14-8-10-23-12-14/h3-6,8,10,12H,7,9,11H2,1-2H3,(H,18,21). The molecule has 2 aromatic rings. The van der Waals surface area contributed by atoms with Gasteiger partial charge in [-0.15, -0.1) is 0 Å². The Labute approximate surface area is 139 Å². The monoisotopic (exact) mass is 332 g/mol. The minimum Gasteiger partial charge on any atom is -0.496 e. The van der Waals surface area contributed by atoms with Gasteiger partial charge in [-0.25, -0.2) is 0 Å². The normalized spacial score (nSPS) is 10.2. The van der Waals surface area contributed by atoms with E-state index in [1.54, 1.807) is 30.5 Å². The molecule has 23 heavy (non-hydrogen) atoms. The van der Waals surface area contributed by atoms with E-state index in [2.05, 4.69) is 5.32 Å². The maximum atomic E-state index is 12.2. The first-order chi connectivity index (χ1) is 11.1. The van der Waals surface area contributed by atoms with Crippen LogP contribution in [0.5, 0.6) is 5.75 Å². The molecule has 0 unspecified atom stereocenters. The lowest BCUT2D eigenvalue weighted by atomic mass is 10.2. The summed E-state index contributed by atoms with van der Waals surface area (Å²) in [6.07, 6.45) is 0.265. The van der Waals surface area contributed by atoms with Gasteiger partial charge >= 0.3 is 0 Å². The highest BCUT2D eigenvalue weighted by Gasteiger charge is 2.12. The van der Waals surface area contributed by atoms with E-state index in [0.717, 1.165) is 11.3 Å². The quantitative estimate of drug-likeness (QED) is 0.848. The van der Waals surface area contributed by atoms with Gasteiger partial charge in [0.15, 0.2) is 0 Å². The fraction of sp³-hybridized carbons (Fsp3) is 0.294. The van der Waals surface area contributed by atoms with Crippen LogP contribution in [0.25, 0.3) is 0 Å². The number of hydrogen-bond donors (Lipinski definition) is 1. The Kier molecular flexibility index (Phi) is 6.17. The van der Waals surface area contributed by atoms with Crippen LogP contribution in [-0.4, -0.2) is 37.4 Å². The van der Waals surface area contributed by atoms with Crippen molar-refractivity contribution in [2.24, 2.45) is 0 Å². The van der Waals surface area contributed by atoms with Gasteiger partial charge in [0.25, 0.3) is 5.91 Å². The number of hydrogen-bond acceptors (Lipinski definition) is 4. The van der Waals surface area contributed by atoms with Gasteiger partial charge in [0.1, 0.15) is 5.75 Å². The number of para-hydroxylation sites is 1. The summed E-state index contributed by atoms with van der Waals surface area (Å²) in [5, 5.41) is 6.38. The summed E-state index contributed by atoms with van der Waals surface area (Å²) >= 11 is 1.47. The van der Waals surface area contributed by atoms with Gasteiger partial charge in [-0.2, -0.15) is 11.3 Å². The predicted octanol–water partition coefficient (Wildman–Crippen LogP) is 2.54. The molecule has 1 heterocycles. The van der Waals surface area contributed by atoms with Gasteiger partial charge in [-0.3, -0.25) is 9.59 Å². The smallest absolute Gasteiger partial charge is 0.252 e. The second kappa shape index (κ2) is 8.33. The maximum absolute atomic E-state index is 12.2. The first kappa shape index (κ1) is 17.0. The summed E-state index contributed by atoms with van der Waals surface area (Å²) in [5.74, 6) is 0.589. The van der Waals surface area contributed by atoms with Gasteiger partial charge in [-0.05, 0) is 17.5 Å². The van der Waals surface area contributed by atoms with Gasteiger partial charge in [0, 0.05) is 43.1 Å². The lowest BCUT2D eigenvalue weighted by molar-refractivity contribution is -0.130. The van der Waals surface area contributed by atoms with Crippen molar-refractivity contribution in [1.82, 2.24) is 10.2 Å². The zero-order valence-electron chi connectivity index (χ0n) is 13.2. The molecule has 0 radical (unpaired) electrons. The molecule has 2 rings (SSSR count). The SMILES string of the molecule is COc1ccccc1CN(C)C(=O)CCNC(=O)c1ccsc1. The highest BCUT2D eigenvalue weighted by molar-refractivity contribution is 7.08.